The van der Waals surface area contributed by atoms with Gasteiger partial charge in [-0.3, -0.25) is 4.79 Å². The van der Waals surface area contributed by atoms with E-state index >= 15 is 0 Å². The molecule has 2 N–H and O–H groups in total. The van der Waals surface area contributed by atoms with Crippen LogP contribution in [0.15, 0.2) is 18.2 Å². The zero-order chi connectivity index (χ0) is 17.5. The number of rotatable bonds is 7. The van der Waals surface area contributed by atoms with Crippen LogP contribution in [0.25, 0.3) is 0 Å². The molecular formula is C19H30N2O3. The monoisotopic (exact) mass is 334 g/mol. The van der Waals surface area contributed by atoms with Crippen molar-refractivity contribution in [3.8, 4) is 11.5 Å². The highest BCUT2D eigenvalue weighted by atomic mass is 16.5. The molecule has 2 rings (SSSR count). The van der Waals surface area contributed by atoms with Crippen LogP contribution in [0, 0.1) is 5.92 Å². The Labute approximate surface area is 145 Å². The maximum atomic E-state index is 12.3. The smallest absolute Gasteiger partial charge is 0.226 e. The van der Waals surface area contributed by atoms with Gasteiger partial charge in [-0.1, -0.05) is 19.8 Å². The molecule has 5 heteroatoms. The summed E-state index contributed by atoms with van der Waals surface area (Å²) < 4.78 is 10.5. The van der Waals surface area contributed by atoms with Crippen LogP contribution in [0.4, 0.5) is 5.69 Å². The minimum absolute atomic E-state index is 0.0121. The van der Waals surface area contributed by atoms with Crippen LogP contribution in [-0.2, 0) is 4.79 Å². The Balaban J connectivity index is 1.88. The number of hydrogen-bond acceptors (Lipinski definition) is 4. The van der Waals surface area contributed by atoms with Crippen molar-refractivity contribution in [3.05, 3.63) is 18.2 Å². The molecule has 0 aromatic heterocycles. The molecule has 0 heterocycles. The highest BCUT2D eigenvalue weighted by Crippen LogP contribution is 2.29. The van der Waals surface area contributed by atoms with Crippen LogP contribution in [0.2, 0.25) is 0 Å². The molecule has 3 atom stereocenters. The Bertz CT molecular complexity index is 547. The molecule has 1 aromatic rings. The molecule has 1 aliphatic carbocycles. The summed E-state index contributed by atoms with van der Waals surface area (Å²) in [6.45, 7) is 4.37. The average Bonchev–Trinajstić information content (AvgIpc) is 2.57. The van der Waals surface area contributed by atoms with Crippen LogP contribution in [-0.4, -0.2) is 32.2 Å². The first kappa shape index (κ1) is 18.6. The SMILES string of the molecule is COc1ccc(NC(=O)CC(C)NC2CCCCC2C)c(OC)c1. The molecule has 3 unspecified atom stereocenters. The molecule has 1 saturated carbocycles. The van der Waals surface area contributed by atoms with Gasteiger partial charge in [0.25, 0.3) is 0 Å². The summed E-state index contributed by atoms with van der Waals surface area (Å²) in [5, 5.41) is 6.55. The van der Waals surface area contributed by atoms with E-state index in [2.05, 4.69) is 24.5 Å². The van der Waals surface area contributed by atoms with Gasteiger partial charge < -0.3 is 20.1 Å². The number of anilines is 1. The Morgan fingerprint density at radius 1 is 1.25 bits per heavy atom. The molecule has 1 fully saturated rings. The van der Waals surface area contributed by atoms with Gasteiger partial charge in [0.1, 0.15) is 11.5 Å². The fourth-order valence-electron chi connectivity index (χ4n) is 3.37. The van der Waals surface area contributed by atoms with E-state index in [-0.39, 0.29) is 11.9 Å². The lowest BCUT2D eigenvalue weighted by Gasteiger charge is -2.32. The van der Waals surface area contributed by atoms with E-state index in [1.54, 1.807) is 26.4 Å². The fraction of sp³-hybridized carbons (Fsp3) is 0.632. The van der Waals surface area contributed by atoms with Crippen molar-refractivity contribution in [2.45, 2.75) is 58.0 Å². The van der Waals surface area contributed by atoms with Gasteiger partial charge in [-0.05, 0) is 37.8 Å². The predicted molar refractivity (Wildman–Crippen MR) is 96.8 cm³/mol. The predicted octanol–water partition coefficient (Wildman–Crippen LogP) is 3.59. The third kappa shape index (κ3) is 5.13. The van der Waals surface area contributed by atoms with E-state index in [0.717, 1.165) is 0 Å². The second-order valence-corrected chi connectivity index (χ2v) is 6.75. The summed E-state index contributed by atoms with van der Waals surface area (Å²) >= 11 is 0. The summed E-state index contributed by atoms with van der Waals surface area (Å²) in [5.74, 6) is 1.98. The third-order valence-corrected chi connectivity index (χ3v) is 4.78. The number of nitrogens with one attached hydrogen (secondary N) is 2. The zero-order valence-electron chi connectivity index (χ0n) is 15.2. The molecular weight excluding hydrogens is 304 g/mol. The van der Waals surface area contributed by atoms with E-state index in [1.807, 2.05) is 6.07 Å². The van der Waals surface area contributed by atoms with Crippen molar-refractivity contribution in [1.29, 1.82) is 0 Å². The first-order valence-electron chi connectivity index (χ1n) is 8.81. The number of ether oxygens (including phenoxy) is 2. The Morgan fingerprint density at radius 3 is 2.67 bits per heavy atom. The summed E-state index contributed by atoms with van der Waals surface area (Å²) in [6.07, 6.45) is 5.53. The van der Waals surface area contributed by atoms with Crippen molar-refractivity contribution < 1.29 is 14.3 Å². The average molecular weight is 334 g/mol. The Morgan fingerprint density at radius 2 is 2.00 bits per heavy atom. The highest BCUT2D eigenvalue weighted by molar-refractivity contribution is 5.92. The molecule has 134 valence electrons. The van der Waals surface area contributed by atoms with E-state index < -0.39 is 0 Å². The topological polar surface area (TPSA) is 59.6 Å². The maximum Gasteiger partial charge on any atom is 0.226 e. The quantitative estimate of drug-likeness (QED) is 0.800. The van der Waals surface area contributed by atoms with Gasteiger partial charge >= 0.3 is 0 Å². The lowest BCUT2D eigenvalue weighted by Crippen LogP contribution is -2.43. The standard InChI is InChI=1S/C19H30N2O3/c1-13-7-5-6-8-16(13)20-14(2)11-19(22)21-17-10-9-15(23-3)12-18(17)24-4/h9-10,12-14,16,20H,5-8,11H2,1-4H3,(H,21,22). The van der Waals surface area contributed by atoms with Crippen LogP contribution >= 0.6 is 0 Å². The van der Waals surface area contributed by atoms with Crippen LogP contribution < -0.4 is 20.1 Å². The summed E-state index contributed by atoms with van der Waals surface area (Å²) in [4.78, 5) is 12.3. The maximum absolute atomic E-state index is 12.3. The van der Waals surface area contributed by atoms with Crippen LogP contribution in [0.5, 0.6) is 11.5 Å². The van der Waals surface area contributed by atoms with E-state index in [9.17, 15) is 4.79 Å². The number of hydrogen-bond donors (Lipinski definition) is 2. The van der Waals surface area contributed by atoms with Crippen LogP contribution in [0.3, 0.4) is 0 Å². The second kappa shape index (κ2) is 8.92. The lowest BCUT2D eigenvalue weighted by atomic mass is 9.85. The lowest BCUT2D eigenvalue weighted by molar-refractivity contribution is -0.116. The molecule has 1 amide bonds. The zero-order valence-corrected chi connectivity index (χ0v) is 15.2. The number of methoxy groups -OCH3 is 2. The Kier molecular flexibility index (Phi) is 6.91. The largest absolute Gasteiger partial charge is 0.497 e. The van der Waals surface area contributed by atoms with Gasteiger partial charge in [0.2, 0.25) is 5.91 Å². The molecule has 0 saturated heterocycles. The van der Waals surface area contributed by atoms with Gasteiger partial charge in [0.15, 0.2) is 0 Å². The third-order valence-electron chi connectivity index (χ3n) is 4.78. The molecule has 0 bridgehead atoms. The molecule has 1 aromatic carbocycles. The van der Waals surface area contributed by atoms with Gasteiger partial charge in [-0.2, -0.15) is 0 Å². The molecule has 0 radical (unpaired) electrons. The molecule has 24 heavy (non-hydrogen) atoms. The first-order valence-corrected chi connectivity index (χ1v) is 8.81. The van der Waals surface area contributed by atoms with Crippen molar-refractivity contribution in [2.24, 2.45) is 5.92 Å². The van der Waals surface area contributed by atoms with E-state index in [1.165, 1.54) is 25.7 Å². The first-order chi connectivity index (χ1) is 11.5. The number of carbonyl (C=O) groups excluding carboxylic acids is 1. The second-order valence-electron chi connectivity index (χ2n) is 6.75. The van der Waals surface area contributed by atoms with Crippen molar-refractivity contribution >= 4 is 11.6 Å². The minimum atomic E-state index is -0.0121. The van der Waals surface area contributed by atoms with Gasteiger partial charge in [-0.15, -0.1) is 0 Å². The van der Waals surface area contributed by atoms with Gasteiger partial charge in [-0.25, -0.2) is 0 Å². The highest BCUT2D eigenvalue weighted by Gasteiger charge is 2.23. The number of amides is 1. The van der Waals surface area contributed by atoms with Crippen LogP contribution in [0.1, 0.15) is 46.0 Å². The summed E-state index contributed by atoms with van der Waals surface area (Å²) in [7, 11) is 3.19. The minimum Gasteiger partial charge on any atom is -0.497 e. The van der Waals surface area contributed by atoms with Crippen molar-refractivity contribution in [1.82, 2.24) is 5.32 Å². The van der Waals surface area contributed by atoms with E-state index in [4.69, 9.17) is 9.47 Å². The summed E-state index contributed by atoms with van der Waals surface area (Å²) in [6, 6.07) is 6.05. The van der Waals surface area contributed by atoms with Gasteiger partial charge in [0, 0.05) is 24.6 Å². The van der Waals surface area contributed by atoms with Crippen molar-refractivity contribution in [3.63, 3.8) is 0 Å². The van der Waals surface area contributed by atoms with Gasteiger partial charge in [0.05, 0.1) is 19.9 Å². The fourth-order valence-corrected chi connectivity index (χ4v) is 3.37. The molecule has 0 spiro atoms. The molecule has 1 aliphatic rings. The van der Waals surface area contributed by atoms with Crippen molar-refractivity contribution in [2.75, 3.05) is 19.5 Å². The number of benzene rings is 1. The molecule has 0 aliphatic heterocycles. The van der Waals surface area contributed by atoms with E-state index in [0.29, 0.717) is 35.6 Å². The number of carbonyl (C=O) groups is 1. The summed E-state index contributed by atoms with van der Waals surface area (Å²) in [5.41, 5.74) is 0.668. The normalized spacial score (nSPS) is 21.8. The molecule has 5 nitrogen and oxygen atoms in total. The Hall–Kier alpha value is -1.75.